The molecule has 0 spiro atoms. The van der Waals surface area contributed by atoms with Gasteiger partial charge in [-0.1, -0.05) is 48.5 Å². The molecule has 0 unspecified atom stereocenters. The molecule has 0 aliphatic carbocycles. The van der Waals surface area contributed by atoms with Gasteiger partial charge in [0, 0.05) is 32.6 Å². The molecule has 0 saturated carbocycles. The van der Waals surface area contributed by atoms with Crippen LogP contribution < -0.4 is 5.32 Å². The molecular weight excluding hydrogens is 370 g/mol. The summed E-state index contributed by atoms with van der Waals surface area (Å²) in [6.07, 6.45) is 0.850. The standard InChI is InChI=1S/C22H19N3O2S/c1-14-18(13-26)17-10-6-7-11-19(17)25(14)12-20(27)23-22-24-21(15(2)28-22)16-8-4-3-5-9-16/h3-11,13H,12H2,1-2H3,(H,23,24,27). The number of nitrogens with zero attached hydrogens (tertiary/aromatic N) is 2. The van der Waals surface area contributed by atoms with Crippen LogP contribution in [0.1, 0.15) is 20.9 Å². The molecule has 0 bridgehead atoms. The first-order valence-corrected chi connectivity index (χ1v) is 9.76. The molecule has 5 nitrogen and oxygen atoms in total. The molecule has 6 heteroatoms. The summed E-state index contributed by atoms with van der Waals surface area (Å²) in [5.41, 5.74) is 4.19. The number of anilines is 1. The van der Waals surface area contributed by atoms with Gasteiger partial charge < -0.3 is 9.88 Å². The molecular formula is C22H19N3O2S. The fraction of sp³-hybridized carbons (Fsp3) is 0.136. The molecule has 1 N–H and O–H groups in total. The van der Waals surface area contributed by atoms with Crippen molar-refractivity contribution in [2.45, 2.75) is 20.4 Å². The highest BCUT2D eigenvalue weighted by atomic mass is 32.1. The summed E-state index contributed by atoms with van der Waals surface area (Å²) < 4.78 is 1.87. The van der Waals surface area contributed by atoms with Crippen LogP contribution in [0, 0.1) is 13.8 Å². The zero-order valence-electron chi connectivity index (χ0n) is 15.6. The first kappa shape index (κ1) is 18.1. The van der Waals surface area contributed by atoms with Crippen molar-refractivity contribution in [2.24, 2.45) is 0 Å². The molecule has 1 amide bonds. The minimum atomic E-state index is -0.172. The van der Waals surface area contributed by atoms with Crippen molar-refractivity contribution in [1.29, 1.82) is 0 Å². The summed E-state index contributed by atoms with van der Waals surface area (Å²) in [4.78, 5) is 29.8. The predicted molar refractivity (Wildman–Crippen MR) is 113 cm³/mol. The van der Waals surface area contributed by atoms with Gasteiger partial charge in [0.25, 0.3) is 0 Å². The monoisotopic (exact) mass is 389 g/mol. The molecule has 0 atom stereocenters. The highest BCUT2D eigenvalue weighted by Crippen LogP contribution is 2.30. The van der Waals surface area contributed by atoms with Crippen LogP contribution in [0.2, 0.25) is 0 Å². The summed E-state index contributed by atoms with van der Waals surface area (Å²) in [7, 11) is 0. The average molecular weight is 389 g/mol. The number of amides is 1. The Balaban J connectivity index is 1.59. The Morgan fingerprint density at radius 2 is 1.82 bits per heavy atom. The van der Waals surface area contributed by atoms with Crippen LogP contribution in [0.3, 0.4) is 0 Å². The van der Waals surface area contributed by atoms with E-state index in [9.17, 15) is 9.59 Å². The lowest BCUT2D eigenvalue weighted by Gasteiger charge is -2.08. The molecule has 2 heterocycles. The Hall–Kier alpha value is -3.25. The predicted octanol–water partition coefficient (Wildman–Crippen LogP) is 4.83. The quantitative estimate of drug-likeness (QED) is 0.497. The number of thiazole rings is 1. The third-order valence-electron chi connectivity index (χ3n) is 4.79. The molecule has 140 valence electrons. The number of hydrogen-bond donors (Lipinski definition) is 1. The number of para-hydroxylation sites is 1. The van der Waals surface area contributed by atoms with E-state index in [1.807, 2.05) is 73.0 Å². The second-order valence-electron chi connectivity index (χ2n) is 6.56. The van der Waals surface area contributed by atoms with Crippen LogP contribution in [0.25, 0.3) is 22.2 Å². The molecule has 2 aromatic carbocycles. The fourth-order valence-corrected chi connectivity index (χ4v) is 4.28. The van der Waals surface area contributed by atoms with Crippen molar-refractivity contribution in [1.82, 2.24) is 9.55 Å². The molecule has 0 aliphatic heterocycles. The van der Waals surface area contributed by atoms with E-state index in [2.05, 4.69) is 10.3 Å². The van der Waals surface area contributed by atoms with Crippen molar-refractivity contribution in [3.05, 3.63) is 70.7 Å². The van der Waals surface area contributed by atoms with Crippen LogP contribution in [0.15, 0.2) is 54.6 Å². The topological polar surface area (TPSA) is 64.0 Å². The summed E-state index contributed by atoms with van der Waals surface area (Å²) in [5.74, 6) is -0.172. The van der Waals surface area contributed by atoms with Gasteiger partial charge in [0.15, 0.2) is 11.4 Å². The molecule has 2 aromatic heterocycles. The smallest absolute Gasteiger partial charge is 0.246 e. The Morgan fingerprint density at radius 1 is 1.11 bits per heavy atom. The van der Waals surface area contributed by atoms with Crippen molar-refractivity contribution >= 4 is 39.6 Å². The summed E-state index contributed by atoms with van der Waals surface area (Å²) in [5, 5.41) is 4.34. The van der Waals surface area contributed by atoms with Gasteiger partial charge in [0.2, 0.25) is 5.91 Å². The van der Waals surface area contributed by atoms with E-state index >= 15 is 0 Å². The zero-order chi connectivity index (χ0) is 19.7. The molecule has 0 aliphatic rings. The summed E-state index contributed by atoms with van der Waals surface area (Å²) in [6.45, 7) is 3.98. The SMILES string of the molecule is Cc1sc(NC(=O)Cn2c(C)c(C=O)c3ccccc32)nc1-c1ccccc1. The third kappa shape index (κ3) is 3.23. The second-order valence-corrected chi connectivity index (χ2v) is 7.76. The maximum atomic E-state index is 12.7. The Bertz CT molecular complexity index is 1180. The Labute approximate surface area is 166 Å². The highest BCUT2D eigenvalue weighted by molar-refractivity contribution is 7.16. The number of rotatable bonds is 5. The number of hydrogen-bond acceptors (Lipinski definition) is 4. The zero-order valence-corrected chi connectivity index (χ0v) is 16.4. The molecule has 28 heavy (non-hydrogen) atoms. The second kappa shape index (κ2) is 7.40. The largest absolute Gasteiger partial charge is 0.335 e. The highest BCUT2D eigenvalue weighted by Gasteiger charge is 2.17. The Morgan fingerprint density at radius 3 is 2.57 bits per heavy atom. The molecule has 0 saturated heterocycles. The number of aldehydes is 1. The maximum absolute atomic E-state index is 12.7. The van der Waals surface area contributed by atoms with E-state index in [1.54, 1.807) is 0 Å². The number of benzene rings is 2. The van der Waals surface area contributed by atoms with Crippen LogP contribution in [0.5, 0.6) is 0 Å². The van der Waals surface area contributed by atoms with Gasteiger partial charge in [-0.25, -0.2) is 4.98 Å². The lowest BCUT2D eigenvalue weighted by molar-refractivity contribution is -0.116. The first-order chi connectivity index (χ1) is 13.6. The lowest BCUT2D eigenvalue weighted by Crippen LogP contribution is -2.19. The van der Waals surface area contributed by atoms with Crippen LogP contribution in [-0.2, 0) is 11.3 Å². The first-order valence-electron chi connectivity index (χ1n) is 8.94. The van der Waals surface area contributed by atoms with Gasteiger partial charge in [-0.15, -0.1) is 11.3 Å². The molecule has 4 aromatic rings. The van der Waals surface area contributed by atoms with Gasteiger partial charge >= 0.3 is 0 Å². The average Bonchev–Trinajstić information content (AvgIpc) is 3.19. The number of nitrogens with one attached hydrogen (secondary N) is 1. The van der Waals surface area contributed by atoms with Gasteiger partial charge in [0.05, 0.1) is 5.69 Å². The van der Waals surface area contributed by atoms with Crippen molar-refractivity contribution < 1.29 is 9.59 Å². The van der Waals surface area contributed by atoms with Crippen molar-refractivity contribution in [3.8, 4) is 11.3 Å². The van der Waals surface area contributed by atoms with Gasteiger partial charge in [-0.05, 0) is 19.9 Å². The molecule has 0 radical (unpaired) electrons. The van der Waals surface area contributed by atoms with Crippen LogP contribution >= 0.6 is 11.3 Å². The summed E-state index contributed by atoms with van der Waals surface area (Å²) in [6, 6.07) is 17.5. The Kier molecular flexibility index (Phi) is 4.79. The number of carbonyl (C=O) groups excluding carboxylic acids is 2. The van der Waals surface area contributed by atoms with E-state index in [0.29, 0.717) is 10.7 Å². The van der Waals surface area contributed by atoms with Crippen LogP contribution in [-0.4, -0.2) is 21.7 Å². The number of aryl methyl sites for hydroxylation is 1. The molecule has 4 rings (SSSR count). The van der Waals surface area contributed by atoms with Gasteiger partial charge in [-0.3, -0.25) is 9.59 Å². The maximum Gasteiger partial charge on any atom is 0.246 e. The number of aromatic nitrogens is 2. The number of fused-ring (bicyclic) bond motifs is 1. The van der Waals surface area contributed by atoms with E-state index in [-0.39, 0.29) is 12.5 Å². The lowest BCUT2D eigenvalue weighted by atomic mass is 10.1. The minimum absolute atomic E-state index is 0.124. The van der Waals surface area contributed by atoms with E-state index < -0.39 is 0 Å². The van der Waals surface area contributed by atoms with Crippen molar-refractivity contribution in [3.63, 3.8) is 0 Å². The molecule has 0 fully saturated rings. The summed E-state index contributed by atoms with van der Waals surface area (Å²) >= 11 is 1.46. The normalized spacial score (nSPS) is 10.9. The third-order valence-corrected chi connectivity index (χ3v) is 5.68. The minimum Gasteiger partial charge on any atom is -0.335 e. The van der Waals surface area contributed by atoms with Crippen LogP contribution in [0.4, 0.5) is 5.13 Å². The van der Waals surface area contributed by atoms with E-state index in [0.717, 1.165) is 39.0 Å². The number of carbonyl (C=O) groups is 2. The van der Waals surface area contributed by atoms with E-state index in [4.69, 9.17) is 0 Å². The van der Waals surface area contributed by atoms with Gasteiger partial charge in [-0.2, -0.15) is 0 Å². The van der Waals surface area contributed by atoms with Gasteiger partial charge in [0.1, 0.15) is 6.54 Å². The van der Waals surface area contributed by atoms with E-state index in [1.165, 1.54) is 11.3 Å². The fourth-order valence-electron chi connectivity index (χ4n) is 3.43. The van der Waals surface area contributed by atoms with Crippen molar-refractivity contribution in [2.75, 3.05) is 5.32 Å².